The summed E-state index contributed by atoms with van der Waals surface area (Å²) >= 11 is 0. The summed E-state index contributed by atoms with van der Waals surface area (Å²) in [6.45, 7) is 0.197. The van der Waals surface area contributed by atoms with E-state index in [4.69, 9.17) is 42.6 Å². The molecule has 1 N–H and O–H groups in total. The molecule has 2 heterocycles. The fraction of sp³-hybridized carbons (Fsp3) is 0.333. The molecule has 1 unspecified atom stereocenters. The summed E-state index contributed by atoms with van der Waals surface area (Å²) in [6, 6.07) is 58.3. The second kappa shape index (κ2) is 24.4. The molecule has 2 saturated heterocycles. The van der Waals surface area contributed by atoms with Crippen LogP contribution >= 0.6 is 0 Å². The lowest BCUT2D eigenvalue weighted by atomic mass is 9.96. The lowest BCUT2D eigenvalue weighted by Gasteiger charge is -2.49. The Kier molecular flexibility index (Phi) is 17.4. The summed E-state index contributed by atoms with van der Waals surface area (Å²) in [5.41, 5.74) is 5.46. The van der Waals surface area contributed by atoms with Crippen LogP contribution in [0.5, 0.6) is 0 Å². The third kappa shape index (κ3) is 13.2. The molecule has 8 rings (SSSR count). The third-order valence-corrected chi connectivity index (χ3v) is 11.5. The maximum atomic E-state index is 15.6. The Morgan fingerprint density at radius 2 is 0.708 bits per heavy atom. The maximum Gasteiger partial charge on any atom is 0.187 e. The Hall–Kier alpha value is -5.15. The van der Waals surface area contributed by atoms with Crippen LogP contribution in [0.1, 0.15) is 33.4 Å². The van der Waals surface area contributed by atoms with Crippen molar-refractivity contribution >= 4 is 0 Å². The molecule has 340 valence electrons. The highest BCUT2D eigenvalue weighted by Crippen LogP contribution is 2.36. The molecule has 2 aliphatic heterocycles. The molecule has 11 heteroatoms. The van der Waals surface area contributed by atoms with Crippen molar-refractivity contribution < 1.29 is 52.1 Å². The van der Waals surface area contributed by atoms with Gasteiger partial charge in [-0.05, 0) is 33.4 Å². The molecule has 0 aromatic heterocycles. The molecular weight excluding hydrogens is 828 g/mol. The van der Waals surface area contributed by atoms with Gasteiger partial charge in [0.1, 0.15) is 55.5 Å². The van der Waals surface area contributed by atoms with Crippen molar-refractivity contribution in [2.24, 2.45) is 0 Å². The summed E-state index contributed by atoms with van der Waals surface area (Å²) in [5, 5.41) is 11.8. The van der Waals surface area contributed by atoms with Crippen LogP contribution in [0.25, 0.3) is 0 Å². The van der Waals surface area contributed by atoms with Gasteiger partial charge in [0.2, 0.25) is 0 Å². The van der Waals surface area contributed by atoms with E-state index in [0.29, 0.717) is 0 Å². The highest BCUT2D eigenvalue weighted by molar-refractivity contribution is 5.18. The number of ether oxygens (including phenoxy) is 9. The van der Waals surface area contributed by atoms with Crippen molar-refractivity contribution in [2.45, 2.75) is 101 Å². The number of halogens is 1. The molecule has 0 spiro atoms. The quantitative estimate of drug-likeness (QED) is 0.0712. The van der Waals surface area contributed by atoms with E-state index in [0.717, 1.165) is 33.4 Å². The molecule has 10 nitrogen and oxygen atoms in total. The van der Waals surface area contributed by atoms with Crippen molar-refractivity contribution in [3.05, 3.63) is 215 Å². The number of alkyl halides is 1. The minimum absolute atomic E-state index is 0.00122. The van der Waals surface area contributed by atoms with Crippen LogP contribution in [0.2, 0.25) is 0 Å². The van der Waals surface area contributed by atoms with Gasteiger partial charge in [0.15, 0.2) is 12.6 Å². The fourth-order valence-electron chi connectivity index (χ4n) is 8.10. The Morgan fingerprint density at radius 3 is 1.11 bits per heavy atom. The molecule has 6 aromatic rings. The largest absolute Gasteiger partial charge is 0.374 e. The fourth-order valence-corrected chi connectivity index (χ4v) is 8.10. The van der Waals surface area contributed by atoms with Crippen LogP contribution < -0.4 is 0 Å². The lowest BCUT2D eigenvalue weighted by Crippen LogP contribution is -2.66. The number of hydrogen-bond acceptors (Lipinski definition) is 10. The third-order valence-electron chi connectivity index (χ3n) is 11.5. The smallest absolute Gasteiger partial charge is 0.187 e. The van der Waals surface area contributed by atoms with E-state index in [1.54, 1.807) is 0 Å². The van der Waals surface area contributed by atoms with Gasteiger partial charge in [-0.3, -0.25) is 0 Å². The van der Waals surface area contributed by atoms with Gasteiger partial charge >= 0.3 is 0 Å². The topological polar surface area (TPSA) is 103 Å². The summed E-state index contributed by atoms with van der Waals surface area (Å²) < 4.78 is 75.6. The molecule has 0 amide bonds. The summed E-state index contributed by atoms with van der Waals surface area (Å²) in [6.07, 6.45) is -10.5. The first-order valence-electron chi connectivity index (χ1n) is 22.2. The van der Waals surface area contributed by atoms with E-state index in [-0.39, 0.29) is 46.2 Å². The molecule has 10 atom stereocenters. The van der Waals surface area contributed by atoms with Crippen LogP contribution in [0.15, 0.2) is 182 Å². The van der Waals surface area contributed by atoms with E-state index in [1.165, 1.54) is 0 Å². The van der Waals surface area contributed by atoms with Crippen molar-refractivity contribution in [2.75, 3.05) is 13.3 Å². The van der Waals surface area contributed by atoms with Gasteiger partial charge in [0.05, 0.1) is 46.2 Å². The zero-order chi connectivity index (χ0) is 44.5. The molecule has 0 radical (unpaired) electrons. The first-order chi connectivity index (χ1) is 32.1. The summed E-state index contributed by atoms with van der Waals surface area (Å²) in [4.78, 5) is 0. The van der Waals surface area contributed by atoms with Crippen molar-refractivity contribution in [3.8, 4) is 0 Å². The van der Waals surface area contributed by atoms with Crippen LogP contribution in [0, 0.1) is 0 Å². The number of rotatable bonds is 22. The molecule has 2 aliphatic rings. The second-order valence-electron chi connectivity index (χ2n) is 16.2. The van der Waals surface area contributed by atoms with Crippen molar-refractivity contribution in [1.29, 1.82) is 0 Å². The molecule has 2 fully saturated rings. The standard InChI is InChI=1S/C54H57FO10/c55-31-45-47(58-33-40-21-9-2-10-22-40)49(59-34-41-23-11-3-12-24-41)52(62-37-44-29-17-6-18-30-44)54(64-45)65-48-46(38-57-32-39-19-7-1-8-20-39)63-53(56)51(61-36-43-27-15-5-16-28-43)50(48)60-35-42-25-13-4-14-26-42/h1-30,45-54,56H,31-38H2/t45-,46-,47-,48-,49+,50+,51-,52-,53?,54+/m1/s1. The monoisotopic (exact) mass is 884 g/mol. The molecule has 65 heavy (non-hydrogen) atoms. The van der Waals surface area contributed by atoms with Gasteiger partial charge in [-0.25, -0.2) is 4.39 Å². The van der Waals surface area contributed by atoms with Crippen LogP contribution in [-0.4, -0.2) is 79.8 Å². The predicted molar refractivity (Wildman–Crippen MR) is 242 cm³/mol. The Balaban J connectivity index is 1.15. The Labute approximate surface area is 380 Å². The zero-order valence-corrected chi connectivity index (χ0v) is 36.3. The van der Waals surface area contributed by atoms with Gasteiger partial charge in [0, 0.05) is 0 Å². The summed E-state index contributed by atoms with van der Waals surface area (Å²) in [7, 11) is 0. The van der Waals surface area contributed by atoms with Crippen molar-refractivity contribution in [1.82, 2.24) is 0 Å². The van der Waals surface area contributed by atoms with Gasteiger partial charge in [-0.1, -0.05) is 182 Å². The number of hydrogen-bond donors (Lipinski definition) is 1. The zero-order valence-electron chi connectivity index (χ0n) is 36.3. The SMILES string of the molecule is OC1O[C@H](COCc2ccccc2)[C@@H](O[C@@H]2O[C@H](CF)[C@@H](OCc3ccccc3)[C@H](OCc3ccccc3)[C@H]2OCc2ccccc2)[C@H](OCc2ccccc2)[C@H]1OCc1ccccc1. The molecule has 0 saturated carbocycles. The molecule has 6 aromatic carbocycles. The van der Waals surface area contributed by atoms with Gasteiger partial charge in [0.25, 0.3) is 0 Å². The van der Waals surface area contributed by atoms with E-state index in [9.17, 15) is 5.11 Å². The highest BCUT2D eigenvalue weighted by Gasteiger charge is 2.54. The first-order valence-corrected chi connectivity index (χ1v) is 22.2. The minimum Gasteiger partial charge on any atom is -0.374 e. The Morgan fingerprint density at radius 1 is 0.369 bits per heavy atom. The lowest BCUT2D eigenvalue weighted by molar-refractivity contribution is -0.372. The Bertz CT molecular complexity index is 2210. The number of aliphatic hydroxyl groups is 1. The van der Waals surface area contributed by atoms with Crippen LogP contribution in [0.4, 0.5) is 4.39 Å². The maximum absolute atomic E-state index is 15.6. The number of benzene rings is 6. The van der Waals surface area contributed by atoms with Gasteiger partial charge in [-0.15, -0.1) is 0 Å². The molecular formula is C54H57FO10. The van der Waals surface area contributed by atoms with E-state index < -0.39 is 68.1 Å². The van der Waals surface area contributed by atoms with E-state index in [2.05, 4.69) is 0 Å². The van der Waals surface area contributed by atoms with E-state index >= 15 is 4.39 Å². The van der Waals surface area contributed by atoms with Gasteiger partial charge in [-0.2, -0.15) is 0 Å². The second-order valence-corrected chi connectivity index (χ2v) is 16.2. The average Bonchev–Trinajstić information content (AvgIpc) is 3.36. The van der Waals surface area contributed by atoms with Crippen LogP contribution in [0.3, 0.4) is 0 Å². The van der Waals surface area contributed by atoms with Gasteiger partial charge < -0.3 is 47.7 Å². The molecule has 0 aliphatic carbocycles. The average molecular weight is 885 g/mol. The van der Waals surface area contributed by atoms with E-state index in [1.807, 2.05) is 182 Å². The van der Waals surface area contributed by atoms with Crippen molar-refractivity contribution in [3.63, 3.8) is 0 Å². The highest BCUT2D eigenvalue weighted by atomic mass is 19.1. The normalized spacial score (nSPS) is 25.6. The molecule has 0 bridgehead atoms. The minimum atomic E-state index is -1.43. The first kappa shape index (κ1) is 46.4. The number of aliphatic hydroxyl groups excluding tert-OH is 1. The predicted octanol–water partition coefficient (Wildman–Crippen LogP) is 8.93. The summed E-state index contributed by atoms with van der Waals surface area (Å²) in [5.74, 6) is 0. The van der Waals surface area contributed by atoms with Crippen LogP contribution in [-0.2, 0) is 82.3 Å².